The van der Waals surface area contributed by atoms with E-state index in [-0.39, 0.29) is 5.69 Å². The molecule has 0 atom stereocenters. The van der Waals surface area contributed by atoms with Crippen LogP contribution in [-0.4, -0.2) is 27.3 Å². The fraction of sp³-hybridized carbons (Fsp3) is 0. The van der Waals surface area contributed by atoms with Crippen molar-refractivity contribution in [3.8, 4) is 11.3 Å². The predicted molar refractivity (Wildman–Crippen MR) is 88.3 cm³/mol. The lowest BCUT2D eigenvalue weighted by Gasteiger charge is -1.98. The smallest absolute Gasteiger partial charge is 0.272 e. The molecule has 0 bridgehead atoms. The molecule has 0 saturated carbocycles. The molecule has 0 fully saturated rings. The van der Waals surface area contributed by atoms with Crippen LogP contribution < -0.4 is 5.43 Å². The van der Waals surface area contributed by atoms with Crippen LogP contribution in [0, 0.1) is 0 Å². The van der Waals surface area contributed by atoms with Gasteiger partial charge in [-0.1, -0.05) is 35.9 Å². The molecule has 3 aromatic rings. The summed E-state index contributed by atoms with van der Waals surface area (Å²) in [7, 11) is 0. The van der Waals surface area contributed by atoms with Gasteiger partial charge in [0, 0.05) is 11.8 Å². The van der Waals surface area contributed by atoms with Crippen molar-refractivity contribution in [1.29, 1.82) is 0 Å². The van der Waals surface area contributed by atoms with E-state index in [2.05, 4.69) is 25.7 Å². The lowest BCUT2D eigenvalue weighted by atomic mass is 10.1. The van der Waals surface area contributed by atoms with Crippen molar-refractivity contribution < 1.29 is 4.79 Å². The summed E-state index contributed by atoms with van der Waals surface area (Å²) in [6, 6.07) is 14.3. The third kappa shape index (κ3) is 3.61. The van der Waals surface area contributed by atoms with Gasteiger partial charge in [0.25, 0.3) is 5.91 Å². The summed E-state index contributed by atoms with van der Waals surface area (Å²) in [5, 5.41) is 11.2. The summed E-state index contributed by atoms with van der Waals surface area (Å²) in [5.41, 5.74) is 4.69. The van der Waals surface area contributed by atoms with E-state index in [9.17, 15) is 4.79 Å². The maximum atomic E-state index is 12.0. The number of hydrazone groups is 1. The van der Waals surface area contributed by atoms with E-state index in [1.165, 1.54) is 6.21 Å². The number of H-pyrrole nitrogens is 1. The van der Waals surface area contributed by atoms with E-state index in [0.717, 1.165) is 5.56 Å². The second-order valence-electron chi connectivity index (χ2n) is 4.60. The summed E-state index contributed by atoms with van der Waals surface area (Å²) in [6.07, 6.45) is 3.11. The standard InChI is InChI=1S/C16H12ClN5O/c17-13-7-2-1-6-12(13)14-9-15(21-20-14)16(23)22-19-10-11-5-3-4-8-18-11/h1-10H,(H,20,21)(H,22,23)/b19-10-. The second-order valence-corrected chi connectivity index (χ2v) is 5.01. The summed E-state index contributed by atoms with van der Waals surface area (Å²) in [5.74, 6) is -0.400. The molecule has 0 spiro atoms. The van der Waals surface area contributed by atoms with Crippen LogP contribution in [0.15, 0.2) is 59.8 Å². The minimum atomic E-state index is -0.400. The molecular formula is C16H12ClN5O. The van der Waals surface area contributed by atoms with Crippen molar-refractivity contribution in [3.63, 3.8) is 0 Å². The van der Waals surface area contributed by atoms with Gasteiger partial charge in [0.2, 0.25) is 0 Å². The third-order valence-electron chi connectivity index (χ3n) is 3.02. The predicted octanol–water partition coefficient (Wildman–Crippen LogP) is 2.89. The van der Waals surface area contributed by atoms with Gasteiger partial charge in [0.05, 0.1) is 22.6 Å². The number of halogens is 1. The maximum absolute atomic E-state index is 12.0. The van der Waals surface area contributed by atoms with Gasteiger partial charge in [0.1, 0.15) is 5.69 Å². The minimum Gasteiger partial charge on any atom is -0.272 e. The zero-order valence-corrected chi connectivity index (χ0v) is 12.7. The van der Waals surface area contributed by atoms with Gasteiger partial charge in [-0.15, -0.1) is 0 Å². The molecule has 3 rings (SSSR count). The number of nitrogens with zero attached hydrogens (tertiary/aromatic N) is 3. The highest BCUT2D eigenvalue weighted by molar-refractivity contribution is 6.33. The van der Waals surface area contributed by atoms with Crippen LogP contribution in [0.4, 0.5) is 0 Å². The van der Waals surface area contributed by atoms with Gasteiger partial charge >= 0.3 is 0 Å². The zero-order valence-electron chi connectivity index (χ0n) is 11.9. The number of amides is 1. The summed E-state index contributed by atoms with van der Waals surface area (Å²) < 4.78 is 0. The van der Waals surface area contributed by atoms with Crippen molar-refractivity contribution in [2.45, 2.75) is 0 Å². The number of aromatic nitrogens is 3. The number of nitrogens with one attached hydrogen (secondary N) is 2. The molecule has 0 aliphatic carbocycles. The molecule has 2 aromatic heterocycles. The van der Waals surface area contributed by atoms with Gasteiger partial charge in [0.15, 0.2) is 0 Å². The van der Waals surface area contributed by atoms with E-state index in [1.54, 1.807) is 30.5 Å². The largest absolute Gasteiger partial charge is 0.289 e. The van der Waals surface area contributed by atoms with Gasteiger partial charge in [-0.25, -0.2) is 5.43 Å². The van der Waals surface area contributed by atoms with E-state index >= 15 is 0 Å². The molecule has 0 radical (unpaired) electrons. The lowest BCUT2D eigenvalue weighted by Crippen LogP contribution is -2.18. The number of hydrogen-bond acceptors (Lipinski definition) is 4. The number of rotatable bonds is 4. The Kier molecular flexibility index (Phi) is 4.44. The average Bonchev–Trinajstić information content (AvgIpc) is 3.06. The first-order valence-corrected chi connectivity index (χ1v) is 7.16. The Morgan fingerprint density at radius 2 is 2.04 bits per heavy atom. The van der Waals surface area contributed by atoms with E-state index in [1.807, 2.05) is 24.3 Å². The molecule has 7 heteroatoms. The van der Waals surface area contributed by atoms with Crippen LogP contribution in [0.3, 0.4) is 0 Å². The quantitative estimate of drug-likeness (QED) is 0.571. The highest BCUT2D eigenvalue weighted by Crippen LogP contribution is 2.26. The van der Waals surface area contributed by atoms with Crippen molar-refractivity contribution >= 4 is 23.7 Å². The van der Waals surface area contributed by atoms with Crippen LogP contribution >= 0.6 is 11.6 Å². The summed E-state index contributed by atoms with van der Waals surface area (Å²) >= 11 is 6.11. The van der Waals surface area contributed by atoms with Gasteiger partial charge < -0.3 is 0 Å². The number of carbonyl (C=O) groups excluding carboxylic acids is 1. The van der Waals surface area contributed by atoms with E-state index < -0.39 is 5.91 Å². The Bertz CT molecular complexity index is 844. The van der Waals surface area contributed by atoms with Crippen LogP contribution in [0.1, 0.15) is 16.2 Å². The molecule has 2 N–H and O–H groups in total. The van der Waals surface area contributed by atoms with Crippen LogP contribution in [0.5, 0.6) is 0 Å². The van der Waals surface area contributed by atoms with E-state index in [4.69, 9.17) is 11.6 Å². The molecule has 0 saturated heterocycles. The van der Waals surface area contributed by atoms with Gasteiger partial charge in [-0.3, -0.25) is 14.9 Å². The Morgan fingerprint density at radius 1 is 1.22 bits per heavy atom. The monoisotopic (exact) mass is 325 g/mol. The average molecular weight is 326 g/mol. The van der Waals surface area contributed by atoms with Crippen molar-refractivity contribution in [1.82, 2.24) is 20.6 Å². The highest BCUT2D eigenvalue weighted by atomic mass is 35.5. The normalized spacial score (nSPS) is 10.8. The lowest BCUT2D eigenvalue weighted by molar-refractivity contribution is 0.0950. The van der Waals surface area contributed by atoms with Crippen LogP contribution in [0.2, 0.25) is 5.02 Å². The maximum Gasteiger partial charge on any atom is 0.289 e. The molecule has 1 aromatic carbocycles. The van der Waals surface area contributed by atoms with Crippen LogP contribution in [0.25, 0.3) is 11.3 Å². The molecule has 0 aliphatic heterocycles. The fourth-order valence-electron chi connectivity index (χ4n) is 1.91. The van der Waals surface area contributed by atoms with E-state index in [0.29, 0.717) is 16.4 Å². The summed E-state index contributed by atoms with van der Waals surface area (Å²) in [4.78, 5) is 16.1. The molecule has 2 heterocycles. The van der Waals surface area contributed by atoms with Gasteiger partial charge in [-0.2, -0.15) is 10.2 Å². The fourth-order valence-corrected chi connectivity index (χ4v) is 2.15. The van der Waals surface area contributed by atoms with Crippen molar-refractivity contribution in [3.05, 3.63) is 71.1 Å². The summed E-state index contributed by atoms with van der Waals surface area (Å²) in [6.45, 7) is 0. The first-order chi connectivity index (χ1) is 11.2. The molecule has 23 heavy (non-hydrogen) atoms. The second kappa shape index (κ2) is 6.85. The number of hydrogen-bond donors (Lipinski definition) is 2. The topological polar surface area (TPSA) is 83.0 Å². The van der Waals surface area contributed by atoms with Gasteiger partial charge in [-0.05, 0) is 24.3 Å². The molecule has 0 aliphatic rings. The van der Waals surface area contributed by atoms with Crippen LogP contribution in [-0.2, 0) is 0 Å². The Balaban J connectivity index is 1.70. The van der Waals surface area contributed by atoms with Crippen molar-refractivity contribution in [2.24, 2.45) is 5.10 Å². The first-order valence-electron chi connectivity index (χ1n) is 6.79. The highest BCUT2D eigenvalue weighted by Gasteiger charge is 2.12. The van der Waals surface area contributed by atoms with Crippen molar-refractivity contribution in [2.75, 3.05) is 0 Å². The number of aromatic amines is 1. The zero-order chi connectivity index (χ0) is 16.1. The molecule has 1 amide bonds. The minimum absolute atomic E-state index is 0.290. The number of pyridine rings is 1. The Labute approximate surface area is 137 Å². The number of carbonyl (C=O) groups is 1. The molecule has 0 unspecified atom stereocenters. The first kappa shape index (κ1) is 14.9. The Hall–Kier alpha value is -2.99. The molecule has 114 valence electrons. The third-order valence-corrected chi connectivity index (χ3v) is 3.35. The molecular weight excluding hydrogens is 314 g/mol. The Morgan fingerprint density at radius 3 is 2.83 bits per heavy atom. The molecule has 6 nitrogen and oxygen atoms in total. The number of benzene rings is 1. The SMILES string of the molecule is O=C(N/N=C\c1ccccn1)c1cc(-c2ccccc2Cl)n[nH]1.